The number of nitrogens with zero attached hydrogens (tertiary/aromatic N) is 2. The first-order valence-electron chi connectivity index (χ1n) is 5.61. The number of halogens is 3. The molecule has 2 rings (SSSR count). The number of esters is 1. The molecular formula is C12H10F3N3O2. The average Bonchev–Trinajstić information content (AvgIpc) is 2.78. The van der Waals surface area contributed by atoms with Gasteiger partial charge < -0.3 is 10.5 Å². The molecular weight excluding hydrogens is 275 g/mol. The van der Waals surface area contributed by atoms with Gasteiger partial charge in [-0.05, 0) is 6.92 Å². The van der Waals surface area contributed by atoms with Gasteiger partial charge in [0.1, 0.15) is 0 Å². The molecule has 106 valence electrons. The fourth-order valence-corrected chi connectivity index (χ4v) is 1.55. The van der Waals surface area contributed by atoms with Crippen molar-refractivity contribution in [1.82, 2.24) is 9.78 Å². The minimum Gasteiger partial charge on any atom is -0.461 e. The van der Waals surface area contributed by atoms with Crippen molar-refractivity contribution in [3.8, 4) is 5.69 Å². The van der Waals surface area contributed by atoms with Gasteiger partial charge in [-0.15, -0.1) is 0 Å². The van der Waals surface area contributed by atoms with Gasteiger partial charge >= 0.3 is 5.97 Å². The lowest BCUT2D eigenvalue weighted by molar-refractivity contribution is 0.0520. The molecule has 0 saturated heterocycles. The van der Waals surface area contributed by atoms with Gasteiger partial charge in [0.25, 0.3) is 0 Å². The fraction of sp³-hybridized carbons (Fsp3) is 0.167. The Bertz CT molecular complexity index is 647. The number of ether oxygens (including phenoxy) is 1. The molecule has 0 bridgehead atoms. The largest absolute Gasteiger partial charge is 0.461 e. The Kier molecular flexibility index (Phi) is 3.64. The maximum atomic E-state index is 13.1. The maximum Gasteiger partial charge on any atom is 0.361 e. The normalized spacial score (nSPS) is 10.6. The lowest BCUT2D eigenvalue weighted by Crippen LogP contribution is -2.08. The van der Waals surface area contributed by atoms with E-state index in [1.807, 2.05) is 0 Å². The summed E-state index contributed by atoms with van der Waals surface area (Å²) in [5.41, 5.74) is 5.26. The number of anilines is 1. The number of rotatable bonds is 3. The van der Waals surface area contributed by atoms with E-state index >= 15 is 0 Å². The molecule has 8 heteroatoms. The predicted molar refractivity (Wildman–Crippen MR) is 63.8 cm³/mol. The van der Waals surface area contributed by atoms with Gasteiger partial charge in [-0.25, -0.2) is 22.6 Å². The van der Waals surface area contributed by atoms with Crippen LogP contribution in [0.2, 0.25) is 0 Å². The van der Waals surface area contributed by atoms with Crippen molar-refractivity contribution >= 4 is 11.7 Å². The highest BCUT2D eigenvalue weighted by molar-refractivity contribution is 5.92. The summed E-state index contributed by atoms with van der Waals surface area (Å²) in [5, 5.41) is 3.77. The minimum atomic E-state index is -1.58. The van der Waals surface area contributed by atoms with Gasteiger partial charge in [0, 0.05) is 12.1 Å². The first-order chi connectivity index (χ1) is 9.43. The fourth-order valence-electron chi connectivity index (χ4n) is 1.55. The molecule has 0 amide bonds. The second-order valence-corrected chi connectivity index (χ2v) is 3.82. The zero-order chi connectivity index (χ0) is 14.9. The predicted octanol–water partition coefficient (Wildman–Crippen LogP) is 2.05. The Morgan fingerprint density at radius 3 is 2.50 bits per heavy atom. The summed E-state index contributed by atoms with van der Waals surface area (Å²) in [6.45, 7) is 1.74. The molecule has 0 spiro atoms. The van der Waals surface area contributed by atoms with Gasteiger partial charge in [0.2, 0.25) is 0 Å². The molecule has 20 heavy (non-hydrogen) atoms. The Hall–Kier alpha value is -2.51. The third-order valence-electron chi connectivity index (χ3n) is 2.44. The molecule has 0 radical (unpaired) electrons. The Morgan fingerprint density at radius 2 is 1.95 bits per heavy atom. The summed E-state index contributed by atoms with van der Waals surface area (Å²) in [7, 11) is 0. The summed E-state index contributed by atoms with van der Waals surface area (Å²) in [6, 6.07) is 1.47. The van der Waals surface area contributed by atoms with E-state index in [1.165, 1.54) is 6.20 Å². The standard InChI is InChI=1S/C12H10F3N3O2/c1-2-20-12(19)11-9(16)5-18(17-11)6-3-7(13)10(15)8(14)4-6/h3-5H,2,16H2,1H3. The Balaban J connectivity index is 2.44. The van der Waals surface area contributed by atoms with Crippen LogP contribution in [0.1, 0.15) is 17.4 Å². The van der Waals surface area contributed by atoms with E-state index < -0.39 is 23.4 Å². The molecule has 5 nitrogen and oxygen atoms in total. The van der Waals surface area contributed by atoms with Crippen molar-refractivity contribution in [2.24, 2.45) is 0 Å². The van der Waals surface area contributed by atoms with Crippen molar-refractivity contribution < 1.29 is 22.7 Å². The smallest absolute Gasteiger partial charge is 0.361 e. The molecule has 0 aliphatic heterocycles. The van der Waals surface area contributed by atoms with Crippen molar-refractivity contribution in [3.05, 3.63) is 41.5 Å². The maximum absolute atomic E-state index is 13.1. The molecule has 0 unspecified atom stereocenters. The lowest BCUT2D eigenvalue weighted by atomic mass is 10.3. The molecule has 2 N–H and O–H groups in total. The van der Waals surface area contributed by atoms with Gasteiger partial charge in [0.15, 0.2) is 23.1 Å². The summed E-state index contributed by atoms with van der Waals surface area (Å²) < 4.78 is 44.8. The van der Waals surface area contributed by atoms with Crippen molar-refractivity contribution in [2.45, 2.75) is 6.92 Å². The molecule has 0 aliphatic carbocycles. The van der Waals surface area contributed by atoms with E-state index in [-0.39, 0.29) is 23.7 Å². The van der Waals surface area contributed by atoms with Crippen LogP contribution in [0, 0.1) is 17.5 Å². The van der Waals surface area contributed by atoms with Crippen LogP contribution in [0.4, 0.5) is 18.9 Å². The van der Waals surface area contributed by atoms with Crippen LogP contribution < -0.4 is 5.73 Å². The third-order valence-corrected chi connectivity index (χ3v) is 2.44. The number of aromatic nitrogens is 2. The number of carbonyl (C=O) groups excluding carboxylic acids is 1. The van der Waals surface area contributed by atoms with Crippen molar-refractivity contribution in [3.63, 3.8) is 0 Å². The Morgan fingerprint density at radius 1 is 1.35 bits per heavy atom. The second kappa shape index (κ2) is 5.24. The zero-order valence-corrected chi connectivity index (χ0v) is 10.4. The highest BCUT2D eigenvalue weighted by Gasteiger charge is 2.18. The Labute approximate surface area is 111 Å². The monoisotopic (exact) mass is 285 g/mol. The van der Waals surface area contributed by atoms with E-state index in [2.05, 4.69) is 5.10 Å². The molecule has 1 heterocycles. The summed E-state index contributed by atoms with van der Waals surface area (Å²) >= 11 is 0. The van der Waals surface area contributed by atoms with E-state index in [0.717, 1.165) is 16.8 Å². The van der Waals surface area contributed by atoms with Gasteiger partial charge in [-0.1, -0.05) is 0 Å². The minimum absolute atomic E-state index is 0.0198. The molecule has 0 aliphatic rings. The number of hydrogen-bond donors (Lipinski definition) is 1. The zero-order valence-electron chi connectivity index (χ0n) is 10.4. The average molecular weight is 285 g/mol. The molecule has 1 aromatic carbocycles. The van der Waals surface area contributed by atoms with Crippen LogP contribution in [-0.4, -0.2) is 22.4 Å². The van der Waals surface area contributed by atoms with Crippen LogP contribution in [0.3, 0.4) is 0 Å². The molecule has 0 atom stereocenters. The van der Waals surface area contributed by atoms with Gasteiger partial charge in [-0.2, -0.15) is 5.10 Å². The number of benzene rings is 1. The topological polar surface area (TPSA) is 70.1 Å². The number of nitrogen functional groups attached to an aromatic ring is 1. The molecule has 1 aromatic heterocycles. The van der Waals surface area contributed by atoms with E-state index in [4.69, 9.17) is 10.5 Å². The van der Waals surface area contributed by atoms with Gasteiger partial charge in [0.05, 0.1) is 24.2 Å². The number of carbonyl (C=O) groups is 1. The molecule has 0 fully saturated rings. The van der Waals surface area contributed by atoms with Gasteiger partial charge in [-0.3, -0.25) is 0 Å². The van der Waals surface area contributed by atoms with Crippen molar-refractivity contribution in [1.29, 1.82) is 0 Å². The van der Waals surface area contributed by atoms with E-state index in [1.54, 1.807) is 6.92 Å². The number of hydrogen-bond acceptors (Lipinski definition) is 4. The highest BCUT2D eigenvalue weighted by atomic mass is 19.2. The van der Waals surface area contributed by atoms with E-state index in [0.29, 0.717) is 0 Å². The van der Waals surface area contributed by atoms with Crippen LogP contribution in [0.5, 0.6) is 0 Å². The van der Waals surface area contributed by atoms with Crippen LogP contribution in [-0.2, 0) is 4.74 Å². The summed E-state index contributed by atoms with van der Waals surface area (Å²) in [4.78, 5) is 11.5. The first-order valence-corrected chi connectivity index (χ1v) is 5.61. The van der Waals surface area contributed by atoms with Crippen LogP contribution in [0.15, 0.2) is 18.3 Å². The summed E-state index contributed by atoms with van der Waals surface area (Å²) in [5.74, 6) is -5.08. The molecule has 0 saturated carbocycles. The number of nitrogens with two attached hydrogens (primary N) is 1. The summed E-state index contributed by atoms with van der Waals surface area (Å²) in [6.07, 6.45) is 1.18. The van der Waals surface area contributed by atoms with E-state index in [9.17, 15) is 18.0 Å². The second-order valence-electron chi connectivity index (χ2n) is 3.82. The quantitative estimate of drug-likeness (QED) is 0.692. The molecule has 2 aromatic rings. The first kappa shape index (κ1) is 13.9. The van der Waals surface area contributed by atoms with Crippen LogP contribution in [0.25, 0.3) is 5.69 Å². The van der Waals surface area contributed by atoms with Crippen LogP contribution >= 0.6 is 0 Å². The SMILES string of the molecule is CCOC(=O)c1nn(-c2cc(F)c(F)c(F)c2)cc1N. The van der Waals surface area contributed by atoms with Crippen molar-refractivity contribution in [2.75, 3.05) is 12.3 Å². The lowest BCUT2D eigenvalue weighted by Gasteiger charge is -2.03. The third kappa shape index (κ3) is 2.44. The highest BCUT2D eigenvalue weighted by Crippen LogP contribution is 2.19.